The number of carbonyl (C=O) groups excluding carboxylic acids is 2. The monoisotopic (exact) mass is 1010 g/mol. The van der Waals surface area contributed by atoms with E-state index in [1.165, 1.54) is 173 Å². The van der Waals surface area contributed by atoms with Crippen LogP contribution in [0.5, 0.6) is 0 Å². The maximum atomic E-state index is 13.0. The van der Waals surface area contributed by atoms with Crippen LogP contribution in [-0.2, 0) is 23.8 Å². The molecule has 0 aliphatic carbocycles. The summed E-state index contributed by atoms with van der Waals surface area (Å²) in [6, 6.07) is -0.819. The third kappa shape index (κ3) is 40.2. The van der Waals surface area contributed by atoms with Crippen molar-refractivity contribution in [2.75, 3.05) is 19.8 Å². The van der Waals surface area contributed by atoms with Gasteiger partial charge in [0.15, 0.2) is 6.29 Å². The fraction of sp³-hybridized carbons (Fsp3) is 0.900. The first-order valence-electron chi connectivity index (χ1n) is 30.1. The summed E-state index contributed by atoms with van der Waals surface area (Å²) in [5, 5.41) is 54.2. The van der Waals surface area contributed by atoms with Gasteiger partial charge in [-0.3, -0.25) is 9.59 Å². The largest absolute Gasteiger partial charge is 0.466 e. The van der Waals surface area contributed by atoms with Gasteiger partial charge in [-0.1, -0.05) is 237 Å². The van der Waals surface area contributed by atoms with Gasteiger partial charge >= 0.3 is 5.97 Å². The Hall–Kier alpha value is -1.86. The van der Waals surface area contributed by atoms with Crippen molar-refractivity contribution in [2.45, 2.75) is 326 Å². The number of aliphatic hydroxyl groups excluding tert-OH is 5. The first-order valence-corrected chi connectivity index (χ1v) is 30.1. The van der Waals surface area contributed by atoms with Crippen LogP contribution in [0.25, 0.3) is 0 Å². The van der Waals surface area contributed by atoms with E-state index in [2.05, 4.69) is 31.3 Å². The first kappa shape index (κ1) is 67.2. The highest BCUT2D eigenvalue weighted by Crippen LogP contribution is 2.23. The lowest BCUT2D eigenvalue weighted by atomic mass is 9.99. The molecule has 1 heterocycles. The van der Waals surface area contributed by atoms with E-state index in [4.69, 9.17) is 14.2 Å². The summed E-state index contributed by atoms with van der Waals surface area (Å²) < 4.78 is 16.7. The highest BCUT2D eigenvalue weighted by atomic mass is 16.7. The Labute approximate surface area is 435 Å². The Morgan fingerprint density at radius 1 is 0.507 bits per heavy atom. The highest BCUT2D eigenvalue weighted by molar-refractivity contribution is 5.76. The molecule has 7 atom stereocenters. The summed E-state index contributed by atoms with van der Waals surface area (Å²) in [4.78, 5) is 25.1. The summed E-state index contributed by atoms with van der Waals surface area (Å²) in [6.45, 7) is 4.28. The first-order chi connectivity index (χ1) is 34.7. The number of hydrogen-bond acceptors (Lipinski definition) is 10. The molecule has 0 aromatic heterocycles. The predicted octanol–water partition coefficient (Wildman–Crippen LogP) is 13.7. The van der Waals surface area contributed by atoms with Crippen molar-refractivity contribution in [3.63, 3.8) is 0 Å². The Morgan fingerprint density at radius 2 is 0.901 bits per heavy atom. The molecule has 0 radical (unpaired) electrons. The maximum absolute atomic E-state index is 13.0. The van der Waals surface area contributed by atoms with Crippen LogP contribution in [0.4, 0.5) is 0 Å². The number of esters is 1. The van der Waals surface area contributed by atoms with Crippen LogP contribution >= 0.6 is 0 Å². The van der Waals surface area contributed by atoms with E-state index < -0.39 is 49.5 Å². The molecule has 11 nitrogen and oxygen atoms in total. The lowest BCUT2D eigenvalue weighted by molar-refractivity contribution is -0.302. The topological polar surface area (TPSA) is 175 Å². The molecule has 0 spiro atoms. The van der Waals surface area contributed by atoms with Gasteiger partial charge in [0.2, 0.25) is 5.91 Å². The van der Waals surface area contributed by atoms with Gasteiger partial charge in [-0.05, 0) is 57.8 Å². The summed E-state index contributed by atoms with van der Waals surface area (Å²) in [5.74, 6) is -0.223. The molecular weight excluding hydrogens is 895 g/mol. The summed E-state index contributed by atoms with van der Waals surface area (Å²) >= 11 is 0. The molecule has 0 bridgehead atoms. The van der Waals surface area contributed by atoms with Crippen molar-refractivity contribution in [1.29, 1.82) is 0 Å². The molecular formula is C60H113NO10. The smallest absolute Gasteiger partial charge is 0.305 e. The third-order valence-corrected chi connectivity index (χ3v) is 14.3. The average molecular weight is 1010 g/mol. The van der Waals surface area contributed by atoms with Crippen LogP contribution < -0.4 is 5.32 Å². The molecule has 418 valence electrons. The Morgan fingerprint density at radius 3 is 1.35 bits per heavy atom. The number of unbranched alkanes of at least 4 members (excludes halogenated alkanes) is 36. The lowest BCUT2D eigenvalue weighted by Crippen LogP contribution is -2.60. The maximum Gasteiger partial charge on any atom is 0.305 e. The van der Waals surface area contributed by atoms with Crippen molar-refractivity contribution < 1.29 is 49.3 Å². The Kier molecular flexibility index (Phi) is 47.6. The van der Waals surface area contributed by atoms with Gasteiger partial charge in [0.25, 0.3) is 0 Å². The summed E-state index contributed by atoms with van der Waals surface area (Å²) in [6.07, 6.45) is 50.0. The van der Waals surface area contributed by atoms with Crippen LogP contribution in [0.3, 0.4) is 0 Å². The number of amides is 1. The van der Waals surface area contributed by atoms with Gasteiger partial charge in [0.05, 0.1) is 32.0 Å². The standard InChI is InChI=1S/C60H113NO10/c1-3-5-7-9-11-13-14-15-16-17-18-19-22-25-28-32-36-40-44-48-56(65)69-49-45-41-37-33-29-26-23-20-21-24-27-31-35-39-43-47-55(64)61-52(53(63)46-42-38-34-30-12-10-8-6-4-2)51-70-60-59(68)58(67)57(66)54(50-62)71-60/h23,26,42,46,52-54,57-60,62-63,66-68H,3-22,24-25,27-41,43-45,47-51H2,1-2H3,(H,61,64)/b26-23-,46-42+. The van der Waals surface area contributed by atoms with Crippen molar-refractivity contribution >= 4 is 11.9 Å². The van der Waals surface area contributed by atoms with Gasteiger partial charge in [-0.15, -0.1) is 0 Å². The minimum absolute atomic E-state index is 0.0247. The zero-order valence-electron chi connectivity index (χ0n) is 45.9. The molecule has 0 aromatic rings. The second kappa shape index (κ2) is 50.3. The third-order valence-electron chi connectivity index (χ3n) is 14.3. The molecule has 71 heavy (non-hydrogen) atoms. The predicted molar refractivity (Wildman–Crippen MR) is 292 cm³/mol. The zero-order valence-corrected chi connectivity index (χ0v) is 45.9. The van der Waals surface area contributed by atoms with E-state index in [0.29, 0.717) is 19.4 Å². The average Bonchev–Trinajstić information content (AvgIpc) is 3.37. The zero-order chi connectivity index (χ0) is 51.7. The number of carbonyl (C=O) groups is 2. The van der Waals surface area contributed by atoms with E-state index in [0.717, 1.165) is 83.5 Å². The fourth-order valence-corrected chi connectivity index (χ4v) is 9.49. The lowest BCUT2D eigenvalue weighted by Gasteiger charge is -2.40. The second-order valence-electron chi connectivity index (χ2n) is 21.1. The van der Waals surface area contributed by atoms with Crippen molar-refractivity contribution in [1.82, 2.24) is 5.32 Å². The number of rotatable bonds is 52. The SMILES string of the molecule is CCCCCCCCC/C=C/C(O)C(COC1OC(CO)C(O)C(O)C1O)NC(=O)CCCCCCCCC/C=C\CCCCCCOC(=O)CCCCCCCCCCCCCCCCCCCCC. The number of hydrogen-bond donors (Lipinski definition) is 6. The normalized spacial score (nSPS) is 19.2. The quantitative estimate of drug-likeness (QED) is 0.0195. The summed E-state index contributed by atoms with van der Waals surface area (Å²) in [5.41, 5.74) is 0. The van der Waals surface area contributed by atoms with E-state index in [-0.39, 0.29) is 18.5 Å². The van der Waals surface area contributed by atoms with Crippen molar-refractivity contribution in [3.8, 4) is 0 Å². The molecule has 0 saturated carbocycles. The van der Waals surface area contributed by atoms with Gasteiger partial charge < -0.3 is 45.1 Å². The van der Waals surface area contributed by atoms with Gasteiger partial charge in [0, 0.05) is 12.8 Å². The van der Waals surface area contributed by atoms with E-state index >= 15 is 0 Å². The number of ether oxygens (including phenoxy) is 3. The van der Waals surface area contributed by atoms with Crippen LogP contribution in [0.15, 0.2) is 24.3 Å². The van der Waals surface area contributed by atoms with E-state index in [1.807, 2.05) is 6.08 Å². The minimum atomic E-state index is -1.58. The van der Waals surface area contributed by atoms with E-state index in [1.54, 1.807) is 6.08 Å². The van der Waals surface area contributed by atoms with Gasteiger partial charge in [-0.2, -0.15) is 0 Å². The molecule has 1 aliphatic rings. The van der Waals surface area contributed by atoms with Crippen LogP contribution in [0.2, 0.25) is 0 Å². The Bertz CT molecular complexity index is 1230. The van der Waals surface area contributed by atoms with Gasteiger partial charge in [-0.25, -0.2) is 0 Å². The summed E-state index contributed by atoms with van der Waals surface area (Å²) in [7, 11) is 0. The molecule has 11 heteroatoms. The molecule has 6 N–H and O–H groups in total. The molecule has 1 rings (SSSR count). The van der Waals surface area contributed by atoms with Crippen LogP contribution in [-0.4, -0.2) is 100 Å². The highest BCUT2D eigenvalue weighted by Gasteiger charge is 2.44. The van der Waals surface area contributed by atoms with E-state index in [9.17, 15) is 35.1 Å². The number of aliphatic hydroxyl groups is 5. The van der Waals surface area contributed by atoms with Crippen molar-refractivity contribution in [3.05, 3.63) is 24.3 Å². The molecule has 0 aromatic carbocycles. The fourth-order valence-electron chi connectivity index (χ4n) is 9.49. The second-order valence-corrected chi connectivity index (χ2v) is 21.1. The molecule has 1 saturated heterocycles. The minimum Gasteiger partial charge on any atom is -0.466 e. The molecule has 1 amide bonds. The van der Waals surface area contributed by atoms with Crippen LogP contribution in [0.1, 0.15) is 284 Å². The van der Waals surface area contributed by atoms with Crippen molar-refractivity contribution in [2.24, 2.45) is 0 Å². The number of nitrogens with one attached hydrogen (secondary N) is 1. The van der Waals surface area contributed by atoms with Gasteiger partial charge in [0.1, 0.15) is 24.4 Å². The molecule has 7 unspecified atom stereocenters. The molecule has 1 aliphatic heterocycles. The van der Waals surface area contributed by atoms with Crippen LogP contribution in [0, 0.1) is 0 Å². The number of allylic oxidation sites excluding steroid dienone is 3. The molecule has 1 fully saturated rings. The Balaban J connectivity index is 2.03.